The van der Waals surface area contributed by atoms with E-state index in [9.17, 15) is 14.7 Å². The van der Waals surface area contributed by atoms with Gasteiger partial charge in [0.05, 0.1) is 5.54 Å². The van der Waals surface area contributed by atoms with Crippen molar-refractivity contribution in [2.24, 2.45) is 0 Å². The molecule has 1 aromatic carbocycles. The van der Waals surface area contributed by atoms with Gasteiger partial charge in [0.2, 0.25) is 5.75 Å². The number of aromatic hydroxyl groups is 1. The zero-order chi connectivity index (χ0) is 21.8. The third kappa shape index (κ3) is 3.22. The van der Waals surface area contributed by atoms with Gasteiger partial charge in [0.25, 0.3) is 5.91 Å². The largest absolute Gasteiger partial charge is 0.501 e. The first-order valence-corrected chi connectivity index (χ1v) is 10.7. The van der Waals surface area contributed by atoms with Crippen LogP contribution in [-0.4, -0.2) is 38.1 Å². The molecule has 0 bridgehead atoms. The summed E-state index contributed by atoms with van der Waals surface area (Å²) in [5.41, 5.74) is 2.55. The van der Waals surface area contributed by atoms with Crippen molar-refractivity contribution >= 4 is 5.91 Å². The Labute approximate surface area is 177 Å². The summed E-state index contributed by atoms with van der Waals surface area (Å²) in [5.74, 6) is -0.280. The zero-order valence-electron chi connectivity index (χ0n) is 18.6. The Bertz CT molecular complexity index is 1060. The first kappa shape index (κ1) is 20.6. The van der Waals surface area contributed by atoms with E-state index in [-0.39, 0.29) is 17.0 Å². The Morgan fingerprint density at radius 2 is 1.67 bits per heavy atom. The molecule has 2 aromatic rings. The lowest BCUT2D eigenvalue weighted by molar-refractivity contribution is 0.0491. The Balaban J connectivity index is 1.88. The van der Waals surface area contributed by atoms with Crippen molar-refractivity contribution in [3.05, 3.63) is 56.8 Å². The molecule has 0 atom stereocenters. The van der Waals surface area contributed by atoms with Crippen LogP contribution in [0, 0.1) is 13.8 Å². The van der Waals surface area contributed by atoms with E-state index in [1.165, 1.54) is 16.7 Å². The summed E-state index contributed by atoms with van der Waals surface area (Å²) in [4.78, 5) is 31.4. The molecule has 6 nitrogen and oxygen atoms in total. The summed E-state index contributed by atoms with van der Waals surface area (Å²) >= 11 is 0. The van der Waals surface area contributed by atoms with Crippen molar-refractivity contribution in [2.75, 3.05) is 7.05 Å². The van der Waals surface area contributed by atoms with Crippen LogP contribution in [0.5, 0.6) is 5.75 Å². The Kier molecular flexibility index (Phi) is 4.79. The molecule has 0 radical (unpaired) electrons. The normalized spacial score (nSPS) is 19.8. The molecule has 1 amide bonds. The number of carbonyl (C=O) groups excluding carboxylic acids is 1. The van der Waals surface area contributed by atoms with Crippen LogP contribution in [0.1, 0.15) is 72.5 Å². The van der Waals surface area contributed by atoms with Crippen LogP contribution in [0.25, 0.3) is 0 Å². The highest BCUT2D eigenvalue weighted by molar-refractivity contribution is 5.96. The van der Waals surface area contributed by atoms with E-state index in [0.717, 1.165) is 25.7 Å². The van der Waals surface area contributed by atoms with Gasteiger partial charge in [-0.1, -0.05) is 42.2 Å². The minimum absolute atomic E-state index is 0.0698. The van der Waals surface area contributed by atoms with Crippen LogP contribution in [0.3, 0.4) is 0 Å². The second kappa shape index (κ2) is 6.96. The highest BCUT2D eigenvalue weighted by Gasteiger charge is 2.42. The summed E-state index contributed by atoms with van der Waals surface area (Å²) in [6.45, 7) is 8.69. The molecule has 1 aliphatic heterocycles. The van der Waals surface area contributed by atoms with Crippen molar-refractivity contribution in [2.45, 2.75) is 77.3 Å². The molecule has 0 unspecified atom stereocenters. The van der Waals surface area contributed by atoms with Gasteiger partial charge in [0, 0.05) is 25.4 Å². The van der Waals surface area contributed by atoms with Crippen molar-refractivity contribution in [1.82, 2.24) is 14.5 Å². The van der Waals surface area contributed by atoms with Crippen LogP contribution >= 0.6 is 0 Å². The van der Waals surface area contributed by atoms with Crippen molar-refractivity contribution < 1.29 is 9.90 Å². The lowest BCUT2D eigenvalue weighted by Crippen LogP contribution is -2.54. The standard InChI is InChI=1S/C24H31N3O3/c1-15-10-16(2)12-17(11-15)24(8-6-7-9-24)13-18-25-21(29)20(28)19-22(30)26(5)23(3,4)14-27(18)19/h10-12,28H,6-9,13-14H2,1-5H3. The number of likely N-dealkylation sites (N-methyl/N-ethyl adjacent to an activating group) is 1. The van der Waals surface area contributed by atoms with Crippen LogP contribution in [-0.2, 0) is 18.4 Å². The van der Waals surface area contributed by atoms with E-state index in [0.29, 0.717) is 18.8 Å². The monoisotopic (exact) mass is 409 g/mol. The van der Waals surface area contributed by atoms with Gasteiger partial charge in [-0.05, 0) is 46.1 Å². The second-order valence-corrected chi connectivity index (χ2v) is 9.83. The number of carbonyl (C=O) groups is 1. The lowest BCUT2D eigenvalue weighted by Gasteiger charge is -2.42. The van der Waals surface area contributed by atoms with Crippen LogP contribution in [0.15, 0.2) is 23.0 Å². The topological polar surface area (TPSA) is 75.4 Å². The summed E-state index contributed by atoms with van der Waals surface area (Å²) < 4.78 is 1.79. The molecule has 2 aliphatic rings. The van der Waals surface area contributed by atoms with Crippen molar-refractivity contribution in [1.29, 1.82) is 0 Å². The average molecular weight is 410 g/mol. The molecule has 1 saturated carbocycles. The first-order valence-electron chi connectivity index (χ1n) is 10.7. The molecule has 30 heavy (non-hydrogen) atoms. The van der Waals surface area contributed by atoms with Gasteiger partial charge in [0.15, 0.2) is 5.69 Å². The summed E-state index contributed by atoms with van der Waals surface area (Å²) in [5, 5.41) is 10.4. The van der Waals surface area contributed by atoms with Crippen LogP contribution in [0.4, 0.5) is 0 Å². The zero-order valence-corrected chi connectivity index (χ0v) is 18.6. The SMILES string of the molecule is Cc1cc(C)cc(C2(Cc3nc(=O)c(O)c4n3CC(C)(C)N(C)C4=O)CCCC2)c1. The van der Waals surface area contributed by atoms with E-state index in [2.05, 4.69) is 37.0 Å². The number of aromatic nitrogens is 2. The van der Waals surface area contributed by atoms with Crippen LogP contribution in [0.2, 0.25) is 0 Å². The minimum atomic E-state index is -0.716. The Morgan fingerprint density at radius 1 is 1.07 bits per heavy atom. The van der Waals surface area contributed by atoms with Crippen molar-refractivity contribution in [3.8, 4) is 5.75 Å². The molecule has 0 saturated heterocycles. The number of hydrogen-bond donors (Lipinski definition) is 1. The van der Waals surface area contributed by atoms with Gasteiger partial charge in [0.1, 0.15) is 5.82 Å². The maximum absolute atomic E-state index is 13.0. The fraction of sp³-hybridized carbons (Fsp3) is 0.542. The molecular weight excluding hydrogens is 378 g/mol. The van der Waals surface area contributed by atoms with Crippen LogP contribution < -0.4 is 5.56 Å². The second-order valence-electron chi connectivity index (χ2n) is 9.83. The molecule has 6 heteroatoms. The van der Waals surface area contributed by atoms with Gasteiger partial charge in [-0.2, -0.15) is 4.98 Å². The van der Waals surface area contributed by atoms with E-state index in [1.807, 2.05) is 13.8 Å². The highest BCUT2D eigenvalue weighted by atomic mass is 16.3. The predicted molar refractivity (Wildman–Crippen MR) is 116 cm³/mol. The van der Waals surface area contributed by atoms with Gasteiger partial charge in [-0.25, -0.2) is 0 Å². The maximum Gasteiger partial charge on any atom is 0.315 e. The number of fused-ring (bicyclic) bond motifs is 1. The molecule has 160 valence electrons. The Hall–Kier alpha value is -2.63. The quantitative estimate of drug-likeness (QED) is 0.842. The number of aryl methyl sites for hydroxylation is 2. The third-order valence-electron chi connectivity index (χ3n) is 7.09. The van der Waals surface area contributed by atoms with E-state index in [4.69, 9.17) is 0 Å². The van der Waals surface area contributed by atoms with E-state index < -0.39 is 16.8 Å². The first-order chi connectivity index (χ1) is 14.0. The molecule has 4 rings (SSSR count). The van der Waals surface area contributed by atoms with E-state index in [1.54, 1.807) is 16.5 Å². The van der Waals surface area contributed by atoms with Crippen molar-refractivity contribution in [3.63, 3.8) is 0 Å². The van der Waals surface area contributed by atoms with Gasteiger partial charge in [-0.15, -0.1) is 0 Å². The predicted octanol–water partition coefficient (Wildman–Crippen LogP) is 3.48. The maximum atomic E-state index is 13.0. The third-order valence-corrected chi connectivity index (χ3v) is 7.09. The fourth-order valence-corrected chi connectivity index (χ4v) is 5.24. The minimum Gasteiger partial charge on any atom is -0.501 e. The molecule has 0 spiro atoms. The number of amides is 1. The van der Waals surface area contributed by atoms with Gasteiger partial charge < -0.3 is 14.6 Å². The molecular formula is C24H31N3O3. The number of nitrogens with zero attached hydrogens (tertiary/aromatic N) is 3. The van der Waals surface area contributed by atoms with E-state index >= 15 is 0 Å². The summed E-state index contributed by atoms with van der Waals surface area (Å²) in [6, 6.07) is 6.67. The summed E-state index contributed by atoms with van der Waals surface area (Å²) in [7, 11) is 1.71. The number of rotatable bonds is 3. The molecule has 1 fully saturated rings. The molecule has 2 heterocycles. The number of benzene rings is 1. The van der Waals surface area contributed by atoms with Gasteiger partial charge in [-0.3, -0.25) is 9.59 Å². The number of hydrogen-bond acceptors (Lipinski definition) is 4. The smallest absolute Gasteiger partial charge is 0.315 e. The fourth-order valence-electron chi connectivity index (χ4n) is 5.24. The molecule has 1 aromatic heterocycles. The summed E-state index contributed by atoms with van der Waals surface area (Å²) in [6.07, 6.45) is 4.91. The Morgan fingerprint density at radius 3 is 2.27 bits per heavy atom. The lowest BCUT2D eigenvalue weighted by atomic mass is 9.75. The highest BCUT2D eigenvalue weighted by Crippen LogP contribution is 2.44. The van der Waals surface area contributed by atoms with Gasteiger partial charge >= 0.3 is 5.56 Å². The molecule has 1 aliphatic carbocycles. The average Bonchev–Trinajstić information content (AvgIpc) is 3.13. The molecule has 1 N–H and O–H groups in total.